The highest BCUT2D eigenvalue weighted by Gasteiger charge is 2.20. The molecule has 0 aliphatic carbocycles. The van der Waals surface area contributed by atoms with E-state index in [0.717, 1.165) is 0 Å². The smallest absolute Gasteiger partial charge is 0.307 e. The second-order valence-electron chi connectivity index (χ2n) is 7.99. The van der Waals surface area contributed by atoms with Gasteiger partial charge in [-0.25, -0.2) is 0 Å². The van der Waals surface area contributed by atoms with E-state index in [1.165, 1.54) is 13.2 Å². The molecule has 0 saturated heterocycles. The van der Waals surface area contributed by atoms with Gasteiger partial charge in [0.05, 0.1) is 19.6 Å². The molecule has 0 spiro atoms. The molecule has 0 fully saturated rings. The van der Waals surface area contributed by atoms with Crippen LogP contribution in [0.1, 0.15) is 23.6 Å². The van der Waals surface area contributed by atoms with Gasteiger partial charge in [-0.2, -0.15) is 0 Å². The Morgan fingerprint density at radius 1 is 0.769 bits per heavy atom. The van der Waals surface area contributed by atoms with E-state index in [1.807, 2.05) is 0 Å². The summed E-state index contributed by atoms with van der Waals surface area (Å²) in [5.41, 5.74) is 1.35. The van der Waals surface area contributed by atoms with Gasteiger partial charge in [0.1, 0.15) is 26.4 Å². The normalized spacial score (nSPS) is 11.1. The molecule has 39 heavy (non-hydrogen) atoms. The minimum atomic E-state index is -0.685. The van der Waals surface area contributed by atoms with Crippen molar-refractivity contribution in [1.82, 2.24) is 5.32 Å². The zero-order valence-corrected chi connectivity index (χ0v) is 22.2. The van der Waals surface area contributed by atoms with E-state index < -0.39 is 17.9 Å². The molecule has 1 amide bonds. The van der Waals surface area contributed by atoms with Crippen LogP contribution in [0.5, 0.6) is 23.0 Å². The van der Waals surface area contributed by atoms with E-state index >= 15 is 0 Å². The molecule has 2 rings (SSSR count). The number of ether oxygens (including phenoxy) is 5. The maximum Gasteiger partial charge on any atom is 0.307 e. The minimum absolute atomic E-state index is 0.0846. The predicted molar refractivity (Wildman–Crippen MR) is 152 cm³/mol. The Morgan fingerprint density at radius 3 is 1.82 bits per heavy atom. The first kappa shape index (κ1) is 30.5. The molecule has 0 aliphatic rings. The highest BCUT2D eigenvalue weighted by atomic mass is 16.5. The molecule has 0 aliphatic heterocycles. The second kappa shape index (κ2) is 16.9. The summed E-state index contributed by atoms with van der Waals surface area (Å²) < 4.78 is 27.5. The fourth-order valence-electron chi connectivity index (χ4n) is 3.32. The van der Waals surface area contributed by atoms with Crippen LogP contribution in [-0.2, 0) is 14.3 Å². The first-order valence-corrected chi connectivity index (χ1v) is 12.2. The van der Waals surface area contributed by atoms with Gasteiger partial charge in [-0.05, 0) is 41.5 Å². The summed E-state index contributed by atoms with van der Waals surface area (Å²) in [5.74, 6) is 1.10. The number of nitrogens with one attached hydrogen (secondary N) is 1. The Morgan fingerprint density at radius 2 is 1.28 bits per heavy atom. The summed E-state index contributed by atoms with van der Waals surface area (Å²) in [6.45, 7) is 15.8. The van der Waals surface area contributed by atoms with Crippen molar-refractivity contribution >= 4 is 18.0 Å². The molecule has 0 saturated carbocycles. The Labute approximate surface area is 229 Å². The Balaban J connectivity index is 2.27. The van der Waals surface area contributed by atoms with Gasteiger partial charge < -0.3 is 29.0 Å². The standard InChI is InChI=1S/C31H35NO7/c1-6-16-36-26-13-10-23(20-28(26)38-18-8-3)11-15-30(33)32-25(22-31(34)35-5)24-12-14-27(37-17-7-2)29(21-24)39-19-9-4/h6-15,20-21,25H,1-4,16-19,22H2,5H3,(H,32,33)/b15-11+. The zero-order chi connectivity index (χ0) is 28.5. The Bertz CT molecular complexity index is 1190. The molecule has 0 bridgehead atoms. The van der Waals surface area contributed by atoms with Crippen LogP contribution in [0.25, 0.3) is 6.08 Å². The summed E-state index contributed by atoms with van der Waals surface area (Å²) in [4.78, 5) is 25.0. The van der Waals surface area contributed by atoms with Crippen LogP contribution in [0, 0.1) is 0 Å². The van der Waals surface area contributed by atoms with Gasteiger partial charge >= 0.3 is 5.97 Å². The Kier molecular flexibility index (Phi) is 13.2. The highest BCUT2D eigenvalue weighted by Crippen LogP contribution is 2.32. The van der Waals surface area contributed by atoms with Gasteiger partial charge in [-0.15, -0.1) is 0 Å². The molecular formula is C31H35NO7. The summed E-state index contributed by atoms with van der Waals surface area (Å²) in [5, 5.41) is 2.86. The lowest BCUT2D eigenvalue weighted by molar-refractivity contribution is -0.141. The second-order valence-corrected chi connectivity index (χ2v) is 7.99. The first-order chi connectivity index (χ1) is 18.9. The topological polar surface area (TPSA) is 92.3 Å². The van der Waals surface area contributed by atoms with Crippen LogP contribution in [0.4, 0.5) is 0 Å². The van der Waals surface area contributed by atoms with E-state index in [9.17, 15) is 9.59 Å². The van der Waals surface area contributed by atoms with Gasteiger partial charge in [0.2, 0.25) is 5.91 Å². The molecule has 8 nitrogen and oxygen atoms in total. The van der Waals surface area contributed by atoms with Crippen molar-refractivity contribution in [3.63, 3.8) is 0 Å². The number of hydrogen-bond donors (Lipinski definition) is 1. The maximum absolute atomic E-state index is 12.9. The van der Waals surface area contributed by atoms with Crippen LogP contribution < -0.4 is 24.3 Å². The monoisotopic (exact) mass is 533 g/mol. The molecule has 0 aromatic heterocycles. The minimum Gasteiger partial charge on any atom is -0.486 e. The maximum atomic E-state index is 12.9. The summed E-state index contributed by atoms with van der Waals surface area (Å²) in [6.07, 6.45) is 9.41. The molecule has 0 radical (unpaired) electrons. The van der Waals surface area contributed by atoms with Gasteiger partial charge in [-0.3, -0.25) is 9.59 Å². The predicted octanol–water partition coefficient (Wildman–Crippen LogP) is 5.38. The number of rotatable bonds is 18. The number of esters is 1. The lowest BCUT2D eigenvalue weighted by Crippen LogP contribution is -2.29. The third-order valence-corrected chi connectivity index (χ3v) is 5.11. The lowest BCUT2D eigenvalue weighted by Gasteiger charge is -2.19. The average Bonchev–Trinajstić information content (AvgIpc) is 2.95. The van der Waals surface area contributed by atoms with Crippen molar-refractivity contribution in [3.05, 3.63) is 104 Å². The van der Waals surface area contributed by atoms with Gasteiger partial charge in [0.15, 0.2) is 23.0 Å². The molecular weight excluding hydrogens is 498 g/mol. The number of carbonyl (C=O) groups excluding carboxylic acids is 2. The van der Waals surface area contributed by atoms with Crippen LogP contribution in [0.3, 0.4) is 0 Å². The van der Waals surface area contributed by atoms with Crippen molar-refractivity contribution in [2.24, 2.45) is 0 Å². The Hall–Kier alpha value is -4.72. The first-order valence-electron chi connectivity index (χ1n) is 12.2. The van der Waals surface area contributed by atoms with Crippen LogP contribution in [-0.4, -0.2) is 45.4 Å². The summed E-state index contributed by atoms with van der Waals surface area (Å²) in [6, 6.07) is 9.79. The highest BCUT2D eigenvalue weighted by molar-refractivity contribution is 5.92. The van der Waals surface area contributed by atoms with E-state index in [2.05, 4.69) is 31.6 Å². The van der Waals surface area contributed by atoms with Crippen LogP contribution >= 0.6 is 0 Å². The molecule has 0 heterocycles. The molecule has 1 atom stereocenters. The molecule has 1 N–H and O–H groups in total. The van der Waals surface area contributed by atoms with E-state index in [0.29, 0.717) is 53.9 Å². The quantitative estimate of drug-likeness (QED) is 0.156. The van der Waals surface area contributed by atoms with Crippen molar-refractivity contribution in [2.45, 2.75) is 12.5 Å². The SMILES string of the molecule is C=CCOc1ccc(/C=C/C(=O)NC(CC(=O)OC)c2ccc(OCC=C)c(OCC=C)c2)cc1OCC=C. The summed E-state index contributed by atoms with van der Waals surface area (Å²) >= 11 is 0. The third kappa shape index (κ3) is 10.3. The van der Waals surface area contributed by atoms with E-state index in [1.54, 1.807) is 66.8 Å². The molecule has 1 unspecified atom stereocenters. The third-order valence-electron chi connectivity index (χ3n) is 5.11. The molecule has 206 valence electrons. The van der Waals surface area contributed by atoms with E-state index in [-0.39, 0.29) is 13.0 Å². The fourth-order valence-corrected chi connectivity index (χ4v) is 3.32. The number of benzene rings is 2. The van der Waals surface area contributed by atoms with Gasteiger partial charge in [-0.1, -0.05) is 62.8 Å². The number of carbonyl (C=O) groups is 2. The van der Waals surface area contributed by atoms with Crippen molar-refractivity contribution in [2.75, 3.05) is 33.5 Å². The molecule has 2 aromatic carbocycles. The summed E-state index contributed by atoms with van der Waals surface area (Å²) in [7, 11) is 1.29. The van der Waals surface area contributed by atoms with Gasteiger partial charge in [0.25, 0.3) is 0 Å². The van der Waals surface area contributed by atoms with Crippen LogP contribution in [0.15, 0.2) is 93.1 Å². The number of methoxy groups -OCH3 is 1. The number of amides is 1. The zero-order valence-electron chi connectivity index (χ0n) is 22.2. The fraction of sp³-hybridized carbons (Fsp3) is 0.226. The van der Waals surface area contributed by atoms with E-state index in [4.69, 9.17) is 23.7 Å². The average molecular weight is 534 g/mol. The molecule has 8 heteroatoms. The largest absolute Gasteiger partial charge is 0.486 e. The number of hydrogen-bond acceptors (Lipinski definition) is 7. The van der Waals surface area contributed by atoms with Crippen molar-refractivity contribution in [3.8, 4) is 23.0 Å². The lowest BCUT2D eigenvalue weighted by atomic mass is 10.0. The van der Waals surface area contributed by atoms with Crippen molar-refractivity contribution in [1.29, 1.82) is 0 Å². The van der Waals surface area contributed by atoms with Crippen LogP contribution in [0.2, 0.25) is 0 Å². The van der Waals surface area contributed by atoms with Crippen molar-refractivity contribution < 1.29 is 33.3 Å². The molecule has 2 aromatic rings. The van der Waals surface area contributed by atoms with Gasteiger partial charge in [0, 0.05) is 6.08 Å².